The summed E-state index contributed by atoms with van der Waals surface area (Å²) in [5.74, 6) is 0.586. The predicted octanol–water partition coefficient (Wildman–Crippen LogP) is 5.88. The van der Waals surface area contributed by atoms with Crippen molar-refractivity contribution in [1.82, 2.24) is 25.2 Å². The molecular formula is C27H21BrN6OS. The van der Waals surface area contributed by atoms with Gasteiger partial charge in [0.1, 0.15) is 0 Å². The number of rotatable bonds is 7. The van der Waals surface area contributed by atoms with Crippen molar-refractivity contribution in [3.8, 4) is 17.1 Å². The Morgan fingerprint density at radius 1 is 0.972 bits per heavy atom. The normalized spacial score (nSPS) is 11.6. The van der Waals surface area contributed by atoms with Crippen LogP contribution in [0.1, 0.15) is 12.5 Å². The molecule has 2 heterocycles. The highest BCUT2D eigenvalue weighted by molar-refractivity contribution is 9.10. The van der Waals surface area contributed by atoms with Gasteiger partial charge in [-0.2, -0.15) is 5.10 Å². The number of thioether (sulfide) groups is 1. The Balaban J connectivity index is 1.32. The van der Waals surface area contributed by atoms with E-state index in [1.54, 1.807) is 12.4 Å². The van der Waals surface area contributed by atoms with Crippen LogP contribution in [0.2, 0.25) is 0 Å². The number of pyridine rings is 1. The lowest BCUT2D eigenvalue weighted by Crippen LogP contribution is -2.21. The lowest BCUT2D eigenvalue weighted by molar-refractivity contribution is -0.118. The largest absolute Gasteiger partial charge is 0.272 e. The molecule has 0 aliphatic carbocycles. The number of benzene rings is 3. The molecule has 0 unspecified atom stereocenters. The lowest BCUT2D eigenvalue weighted by Gasteiger charge is -2.10. The molecule has 0 aliphatic heterocycles. The molecule has 1 N–H and O–H groups in total. The van der Waals surface area contributed by atoms with Crippen LogP contribution in [-0.4, -0.2) is 37.1 Å². The van der Waals surface area contributed by atoms with Crippen molar-refractivity contribution in [3.63, 3.8) is 0 Å². The molecule has 0 radical (unpaired) electrons. The number of nitrogens with one attached hydrogen (secondary N) is 1. The number of halogens is 1. The first kappa shape index (κ1) is 23.9. The number of nitrogens with zero attached hydrogens (tertiary/aromatic N) is 5. The minimum Gasteiger partial charge on any atom is -0.272 e. The van der Waals surface area contributed by atoms with Gasteiger partial charge in [0.15, 0.2) is 11.0 Å². The van der Waals surface area contributed by atoms with E-state index in [1.807, 2.05) is 66.1 Å². The van der Waals surface area contributed by atoms with Crippen LogP contribution in [0.15, 0.2) is 106 Å². The number of hydrazone groups is 1. The molecule has 7 nitrogen and oxygen atoms in total. The summed E-state index contributed by atoms with van der Waals surface area (Å²) in [6, 6.07) is 25.9. The SMILES string of the molecule is CC(=NNC(=O)CSc1nnc(-c2ccncc2)n1-c1ccc(Br)cc1)c1ccc2ccccc2c1. The monoisotopic (exact) mass is 556 g/mol. The van der Waals surface area contributed by atoms with Gasteiger partial charge in [-0.3, -0.25) is 14.3 Å². The van der Waals surface area contributed by atoms with Crippen LogP contribution in [0.3, 0.4) is 0 Å². The van der Waals surface area contributed by atoms with Gasteiger partial charge in [0.25, 0.3) is 5.91 Å². The summed E-state index contributed by atoms with van der Waals surface area (Å²) in [6.07, 6.45) is 3.43. The van der Waals surface area contributed by atoms with Crippen LogP contribution >= 0.6 is 27.7 Å². The Morgan fingerprint density at radius 2 is 1.72 bits per heavy atom. The van der Waals surface area contributed by atoms with Crippen molar-refractivity contribution in [2.75, 3.05) is 5.75 Å². The quantitative estimate of drug-likeness (QED) is 0.154. The summed E-state index contributed by atoms with van der Waals surface area (Å²) in [5.41, 5.74) is 6.12. The van der Waals surface area contributed by atoms with Gasteiger partial charge in [-0.05, 0) is 65.7 Å². The van der Waals surface area contributed by atoms with Gasteiger partial charge < -0.3 is 0 Å². The van der Waals surface area contributed by atoms with E-state index in [2.05, 4.69) is 65.9 Å². The highest BCUT2D eigenvalue weighted by Crippen LogP contribution is 2.28. The minimum atomic E-state index is -0.226. The molecular weight excluding hydrogens is 536 g/mol. The zero-order chi connectivity index (χ0) is 24.9. The molecule has 5 aromatic rings. The second-order valence-corrected chi connectivity index (χ2v) is 9.79. The molecule has 0 saturated heterocycles. The zero-order valence-electron chi connectivity index (χ0n) is 19.3. The third-order valence-corrected chi connectivity index (χ3v) is 6.96. The summed E-state index contributed by atoms with van der Waals surface area (Å²) in [5, 5.41) is 16.0. The number of amides is 1. The van der Waals surface area contributed by atoms with Crippen molar-refractivity contribution < 1.29 is 4.79 Å². The molecule has 9 heteroatoms. The third-order valence-electron chi connectivity index (χ3n) is 5.50. The summed E-state index contributed by atoms with van der Waals surface area (Å²) < 4.78 is 2.90. The Bertz CT molecular complexity index is 1550. The number of fused-ring (bicyclic) bond motifs is 1. The molecule has 0 atom stereocenters. The van der Waals surface area contributed by atoms with Gasteiger partial charge in [0, 0.05) is 28.1 Å². The number of hydrogen-bond acceptors (Lipinski definition) is 6. The van der Waals surface area contributed by atoms with Crippen LogP contribution in [0.4, 0.5) is 0 Å². The number of carbonyl (C=O) groups excluding carboxylic acids is 1. The second-order valence-electron chi connectivity index (χ2n) is 7.94. The fraction of sp³-hybridized carbons (Fsp3) is 0.0741. The molecule has 0 aliphatic rings. The molecule has 36 heavy (non-hydrogen) atoms. The van der Waals surface area contributed by atoms with Crippen LogP contribution in [0, 0.1) is 0 Å². The Hall–Kier alpha value is -3.82. The van der Waals surface area contributed by atoms with Crippen LogP contribution in [0.25, 0.3) is 27.8 Å². The zero-order valence-corrected chi connectivity index (χ0v) is 21.7. The van der Waals surface area contributed by atoms with Gasteiger partial charge in [-0.15, -0.1) is 10.2 Å². The minimum absolute atomic E-state index is 0.138. The van der Waals surface area contributed by atoms with E-state index >= 15 is 0 Å². The number of aromatic nitrogens is 4. The fourth-order valence-electron chi connectivity index (χ4n) is 3.66. The van der Waals surface area contributed by atoms with Crippen molar-refractivity contribution in [2.24, 2.45) is 5.10 Å². The summed E-state index contributed by atoms with van der Waals surface area (Å²) in [6.45, 7) is 1.88. The van der Waals surface area contributed by atoms with Gasteiger partial charge in [0.05, 0.1) is 11.5 Å². The van der Waals surface area contributed by atoms with Crippen LogP contribution in [0.5, 0.6) is 0 Å². The first-order valence-corrected chi connectivity index (χ1v) is 12.9. The Kier molecular flexibility index (Phi) is 7.20. The van der Waals surface area contributed by atoms with E-state index < -0.39 is 0 Å². The van der Waals surface area contributed by atoms with Crippen molar-refractivity contribution in [3.05, 3.63) is 101 Å². The lowest BCUT2D eigenvalue weighted by atomic mass is 10.0. The second kappa shape index (κ2) is 10.8. The Labute approximate surface area is 220 Å². The van der Waals surface area contributed by atoms with Crippen LogP contribution < -0.4 is 5.43 Å². The molecule has 0 saturated carbocycles. The summed E-state index contributed by atoms with van der Waals surface area (Å²) >= 11 is 4.78. The first-order valence-electron chi connectivity index (χ1n) is 11.2. The average molecular weight is 557 g/mol. The van der Waals surface area contributed by atoms with Gasteiger partial charge in [-0.25, -0.2) is 5.43 Å². The molecule has 178 valence electrons. The molecule has 0 bridgehead atoms. The summed E-state index contributed by atoms with van der Waals surface area (Å²) in [4.78, 5) is 16.7. The van der Waals surface area contributed by atoms with Crippen molar-refractivity contribution >= 4 is 50.1 Å². The molecule has 2 aromatic heterocycles. The van der Waals surface area contributed by atoms with Crippen molar-refractivity contribution in [2.45, 2.75) is 12.1 Å². The van der Waals surface area contributed by atoms with E-state index in [-0.39, 0.29) is 11.7 Å². The van der Waals surface area contributed by atoms with Gasteiger partial charge >= 0.3 is 0 Å². The average Bonchev–Trinajstić information content (AvgIpc) is 3.35. The highest BCUT2D eigenvalue weighted by atomic mass is 79.9. The van der Waals surface area contributed by atoms with E-state index in [1.165, 1.54) is 11.8 Å². The third kappa shape index (κ3) is 5.37. The standard InChI is InChI=1S/C27H21BrN6OS/c1-18(21-7-6-19-4-2-3-5-22(19)16-21)30-31-25(35)17-36-27-33-32-26(20-12-14-29-15-13-20)34(27)24-10-8-23(28)9-11-24/h2-16H,17H2,1H3,(H,31,35). The van der Waals surface area contributed by atoms with Crippen molar-refractivity contribution in [1.29, 1.82) is 0 Å². The number of hydrogen-bond donors (Lipinski definition) is 1. The molecule has 3 aromatic carbocycles. The topological polar surface area (TPSA) is 85.1 Å². The smallest absolute Gasteiger partial charge is 0.250 e. The fourth-order valence-corrected chi connectivity index (χ4v) is 4.67. The molecule has 5 rings (SSSR count). The first-order chi connectivity index (χ1) is 17.6. The molecule has 0 spiro atoms. The number of carbonyl (C=O) groups is 1. The highest BCUT2D eigenvalue weighted by Gasteiger charge is 2.17. The molecule has 1 amide bonds. The maximum absolute atomic E-state index is 12.6. The predicted molar refractivity (Wildman–Crippen MR) is 147 cm³/mol. The van der Waals surface area contributed by atoms with E-state index in [0.29, 0.717) is 11.0 Å². The van der Waals surface area contributed by atoms with Gasteiger partial charge in [0.2, 0.25) is 0 Å². The van der Waals surface area contributed by atoms with E-state index in [0.717, 1.165) is 37.8 Å². The van der Waals surface area contributed by atoms with Crippen LogP contribution in [-0.2, 0) is 4.79 Å². The maximum atomic E-state index is 12.6. The molecule has 0 fully saturated rings. The Morgan fingerprint density at radius 3 is 2.50 bits per heavy atom. The summed E-state index contributed by atoms with van der Waals surface area (Å²) in [7, 11) is 0. The maximum Gasteiger partial charge on any atom is 0.250 e. The van der Waals surface area contributed by atoms with Gasteiger partial charge in [-0.1, -0.05) is 64.1 Å². The van der Waals surface area contributed by atoms with E-state index in [9.17, 15) is 4.79 Å². The van der Waals surface area contributed by atoms with E-state index in [4.69, 9.17) is 0 Å².